The number of fused-ring (bicyclic) bond motifs is 3. The molecular weight excluding hydrogens is 286 g/mol. The minimum atomic E-state index is -1.01. The number of aryl methyl sites for hydroxylation is 1. The molecule has 0 fully saturated rings. The number of hydrogen-bond acceptors (Lipinski definition) is 3. The molecule has 1 aliphatic rings. The van der Waals surface area contributed by atoms with Gasteiger partial charge >= 0.3 is 6.09 Å². The van der Waals surface area contributed by atoms with Crippen molar-refractivity contribution in [3.05, 3.63) is 22.6 Å². The summed E-state index contributed by atoms with van der Waals surface area (Å²) >= 11 is 7.46. The molecular formula is C13H12ClNO3S. The molecule has 1 atom stereocenters. The van der Waals surface area contributed by atoms with E-state index < -0.39 is 6.09 Å². The van der Waals surface area contributed by atoms with Crippen LogP contribution in [0.4, 0.5) is 10.5 Å². The summed E-state index contributed by atoms with van der Waals surface area (Å²) in [5.41, 5.74) is 2.56. The Bertz CT molecular complexity index is 682. The van der Waals surface area contributed by atoms with Crippen molar-refractivity contribution in [1.82, 2.24) is 0 Å². The maximum Gasteiger partial charge on any atom is 0.411 e. The first-order chi connectivity index (χ1) is 9.04. The highest BCUT2D eigenvalue weighted by Gasteiger charge is 2.35. The first kappa shape index (κ1) is 12.6. The first-order valence-corrected chi connectivity index (χ1v) is 7.26. The number of phenolic OH excluding ortho intramolecular Hbond substituents is 1. The van der Waals surface area contributed by atoms with Crippen LogP contribution >= 0.6 is 22.9 Å². The monoisotopic (exact) mass is 297 g/mol. The predicted molar refractivity (Wildman–Crippen MR) is 77.1 cm³/mol. The van der Waals surface area contributed by atoms with Gasteiger partial charge in [-0.2, -0.15) is 0 Å². The Labute approximate surface area is 118 Å². The molecule has 100 valence electrons. The number of alkyl halides is 1. The number of phenols is 1. The number of benzene rings is 1. The van der Waals surface area contributed by atoms with Crippen LogP contribution in [0.15, 0.2) is 11.4 Å². The molecule has 4 nitrogen and oxygen atoms in total. The first-order valence-electron chi connectivity index (χ1n) is 5.84. The van der Waals surface area contributed by atoms with E-state index in [0.29, 0.717) is 18.1 Å². The molecule has 2 heterocycles. The fourth-order valence-corrected chi connectivity index (χ4v) is 3.95. The van der Waals surface area contributed by atoms with Crippen molar-refractivity contribution in [3.8, 4) is 5.75 Å². The van der Waals surface area contributed by atoms with Gasteiger partial charge in [-0.05, 0) is 23.4 Å². The number of anilines is 1. The van der Waals surface area contributed by atoms with Crippen molar-refractivity contribution in [2.24, 2.45) is 0 Å². The van der Waals surface area contributed by atoms with Gasteiger partial charge in [-0.1, -0.05) is 0 Å². The van der Waals surface area contributed by atoms with E-state index in [0.717, 1.165) is 21.2 Å². The third kappa shape index (κ3) is 1.69. The summed E-state index contributed by atoms with van der Waals surface area (Å²) in [5.74, 6) is 0.476. The molecule has 1 aromatic heterocycles. The highest BCUT2D eigenvalue weighted by molar-refractivity contribution is 7.17. The van der Waals surface area contributed by atoms with Gasteiger partial charge in [0, 0.05) is 29.8 Å². The van der Waals surface area contributed by atoms with Crippen LogP contribution in [0, 0.1) is 6.92 Å². The van der Waals surface area contributed by atoms with Gasteiger partial charge < -0.3 is 10.2 Å². The summed E-state index contributed by atoms with van der Waals surface area (Å²) in [6.45, 7) is 2.31. The molecule has 0 saturated heterocycles. The largest absolute Gasteiger partial charge is 0.506 e. The number of rotatable bonds is 1. The van der Waals surface area contributed by atoms with E-state index >= 15 is 0 Å². The molecule has 6 heteroatoms. The average molecular weight is 298 g/mol. The van der Waals surface area contributed by atoms with Gasteiger partial charge in [-0.3, -0.25) is 4.90 Å². The van der Waals surface area contributed by atoms with Gasteiger partial charge in [0.2, 0.25) is 0 Å². The van der Waals surface area contributed by atoms with Gasteiger partial charge in [0.05, 0.1) is 10.4 Å². The molecule has 1 aromatic carbocycles. The molecule has 1 aliphatic heterocycles. The van der Waals surface area contributed by atoms with Crippen molar-refractivity contribution in [2.75, 3.05) is 17.3 Å². The van der Waals surface area contributed by atoms with E-state index in [1.54, 1.807) is 0 Å². The Morgan fingerprint density at radius 1 is 1.63 bits per heavy atom. The molecule has 0 spiro atoms. The summed E-state index contributed by atoms with van der Waals surface area (Å²) in [5, 5.41) is 22.2. The van der Waals surface area contributed by atoms with Gasteiger partial charge in [-0.25, -0.2) is 4.79 Å². The van der Waals surface area contributed by atoms with Crippen LogP contribution in [0.25, 0.3) is 10.1 Å². The van der Waals surface area contributed by atoms with Crippen molar-refractivity contribution in [3.63, 3.8) is 0 Å². The Kier molecular flexibility index (Phi) is 2.83. The minimum Gasteiger partial charge on any atom is -0.506 e. The summed E-state index contributed by atoms with van der Waals surface area (Å²) in [4.78, 5) is 12.6. The Balaban J connectivity index is 2.37. The Morgan fingerprint density at radius 3 is 3.00 bits per heavy atom. The highest BCUT2D eigenvalue weighted by atomic mass is 35.5. The van der Waals surface area contributed by atoms with E-state index in [9.17, 15) is 15.0 Å². The predicted octanol–water partition coefficient (Wildman–Crippen LogP) is 3.74. The Morgan fingerprint density at radius 2 is 2.37 bits per heavy atom. The summed E-state index contributed by atoms with van der Waals surface area (Å²) in [6.07, 6.45) is -1.01. The number of nitrogens with zero attached hydrogens (tertiary/aromatic N) is 1. The third-order valence-corrected chi connectivity index (χ3v) is 5.04. The van der Waals surface area contributed by atoms with E-state index in [1.807, 2.05) is 12.3 Å². The second-order valence-electron chi connectivity index (χ2n) is 4.70. The molecule has 1 amide bonds. The third-order valence-electron chi connectivity index (χ3n) is 3.55. The molecule has 2 aromatic rings. The average Bonchev–Trinajstić information content (AvgIpc) is 2.90. The molecule has 0 saturated carbocycles. The van der Waals surface area contributed by atoms with Crippen LogP contribution in [0.2, 0.25) is 0 Å². The molecule has 0 bridgehead atoms. The maximum absolute atomic E-state index is 11.3. The zero-order chi connectivity index (χ0) is 13.7. The van der Waals surface area contributed by atoms with Crippen LogP contribution in [0.5, 0.6) is 5.75 Å². The molecule has 2 N–H and O–H groups in total. The van der Waals surface area contributed by atoms with Crippen LogP contribution in [-0.4, -0.2) is 28.7 Å². The summed E-state index contributed by atoms with van der Waals surface area (Å²) in [7, 11) is 0. The molecule has 0 aliphatic carbocycles. The number of aromatic hydroxyl groups is 1. The lowest BCUT2D eigenvalue weighted by Crippen LogP contribution is -2.28. The van der Waals surface area contributed by atoms with Crippen LogP contribution in [0.1, 0.15) is 17.0 Å². The number of carbonyl (C=O) groups is 1. The van der Waals surface area contributed by atoms with E-state index in [2.05, 4.69) is 0 Å². The van der Waals surface area contributed by atoms with E-state index in [1.165, 1.54) is 22.3 Å². The van der Waals surface area contributed by atoms with E-state index in [-0.39, 0.29) is 11.7 Å². The second kappa shape index (κ2) is 4.28. The number of halogens is 1. The highest BCUT2D eigenvalue weighted by Crippen LogP contribution is 2.48. The van der Waals surface area contributed by atoms with Crippen LogP contribution in [-0.2, 0) is 0 Å². The lowest BCUT2D eigenvalue weighted by atomic mass is 9.97. The van der Waals surface area contributed by atoms with Gasteiger partial charge in [0.15, 0.2) is 0 Å². The smallest absolute Gasteiger partial charge is 0.411 e. The quantitative estimate of drug-likeness (QED) is 0.788. The lowest BCUT2D eigenvalue weighted by molar-refractivity contribution is 0.202. The second-order valence-corrected chi connectivity index (χ2v) is 5.88. The zero-order valence-electron chi connectivity index (χ0n) is 10.2. The number of amides is 1. The molecule has 19 heavy (non-hydrogen) atoms. The SMILES string of the molecule is Cc1csc2c(O)cc3c(c12)[C@@H](CCl)CN3C(=O)O. The van der Waals surface area contributed by atoms with E-state index in [4.69, 9.17) is 11.6 Å². The fourth-order valence-electron chi connectivity index (χ4n) is 2.72. The summed E-state index contributed by atoms with van der Waals surface area (Å²) in [6, 6.07) is 1.54. The molecule has 3 rings (SSSR count). The topological polar surface area (TPSA) is 60.8 Å². The minimum absolute atomic E-state index is 0.0239. The van der Waals surface area contributed by atoms with Gasteiger partial charge in [0.25, 0.3) is 0 Å². The van der Waals surface area contributed by atoms with Crippen molar-refractivity contribution >= 4 is 44.8 Å². The normalized spacial score (nSPS) is 18.0. The van der Waals surface area contributed by atoms with Crippen LogP contribution in [0.3, 0.4) is 0 Å². The van der Waals surface area contributed by atoms with Gasteiger partial charge in [0.1, 0.15) is 5.75 Å². The molecule has 0 radical (unpaired) electrons. The Hall–Kier alpha value is -1.46. The zero-order valence-corrected chi connectivity index (χ0v) is 11.8. The number of carboxylic acid groups (broad SMARTS) is 1. The van der Waals surface area contributed by atoms with Crippen molar-refractivity contribution in [1.29, 1.82) is 0 Å². The number of thiophene rings is 1. The molecule has 0 unspecified atom stereocenters. The van der Waals surface area contributed by atoms with Crippen LogP contribution < -0.4 is 4.90 Å². The fraction of sp³-hybridized carbons (Fsp3) is 0.308. The summed E-state index contributed by atoms with van der Waals surface area (Å²) < 4.78 is 0.804. The van der Waals surface area contributed by atoms with Crippen molar-refractivity contribution in [2.45, 2.75) is 12.8 Å². The van der Waals surface area contributed by atoms with Gasteiger partial charge in [-0.15, -0.1) is 22.9 Å². The standard InChI is InChI=1S/C13H12ClNO3S/c1-6-5-19-12-9(16)2-8-11(10(6)12)7(3-14)4-15(8)13(17)18/h2,5,7,16H,3-4H2,1H3,(H,17,18)/t7-/m0/s1. The lowest BCUT2D eigenvalue weighted by Gasteiger charge is -2.13. The van der Waals surface area contributed by atoms with Crippen molar-refractivity contribution < 1.29 is 15.0 Å². The number of hydrogen-bond donors (Lipinski definition) is 2. The maximum atomic E-state index is 11.3.